The summed E-state index contributed by atoms with van der Waals surface area (Å²) in [6, 6.07) is 19.7. The van der Waals surface area contributed by atoms with Crippen molar-refractivity contribution < 1.29 is 4.42 Å². The maximum atomic E-state index is 13.6. The van der Waals surface area contributed by atoms with Gasteiger partial charge in [0.25, 0.3) is 5.56 Å². The Morgan fingerprint density at radius 2 is 1.84 bits per heavy atom. The number of hydrogen-bond donors (Lipinski definition) is 1. The third kappa shape index (κ3) is 3.10. The summed E-state index contributed by atoms with van der Waals surface area (Å²) in [5, 5.41) is 4.89. The average Bonchev–Trinajstić information content (AvgIpc) is 3.16. The number of nitrogens with one attached hydrogen (secondary N) is 1. The maximum absolute atomic E-state index is 13.6. The first-order valence-corrected chi connectivity index (χ1v) is 10.4. The molecule has 0 radical (unpaired) electrons. The van der Waals surface area contributed by atoms with Crippen LogP contribution in [0.4, 0.5) is 11.6 Å². The molecule has 0 spiro atoms. The fourth-order valence-electron chi connectivity index (χ4n) is 4.20. The summed E-state index contributed by atoms with van der Waals surface area (Å²) in [5.41, 5.74) is 5.98. The molecule has 3 aromatic heterocycles. The van der Waals surface area contributed by atoms with Crippen LogP contribution in [0.5, 0.6) is 0 Å². The van der Waals surface area contributed by atoms with Crippen molar-refractivity contribution in [2.75, 3.05) is 5.32 Å². The molecule has 5 heteroatoms. The number of fused-ring (bicyclic) bond motifs is 3. The van der Waals surface area contributed by atoms with Gasteiger partial charge in [-0.15, -0.1) is 0 Å². The van der Waals surface area contributed by atoms with Crippen molar-refractivity contribution >= 4 is 33.4 Å². The van der Waals surface area contributed by atoms with Crippen LogP contribution in [0.2, 0.25) is 0 Å². The van der Waals surface area contributed by atoms with Crippen molar-refractivity contribution in [1.82, 2.24) is 9.55 Å². The molecule has 31 heavy (non-hydrogen) atoms. The van der Waals surface area contributed by atoms with E-state index in [1.807, 2.05) is 55.5 Å². The van der Waals surface area contributed by atoms with Crippen molar-refractivity contribution in [2.45, 2.75) is 27.3 Å². The minimum Gasteiger partial charge on any atom is -0.439 e. The van der Waals surface area contributed by atoms with E-state index in [0.717, 1.165) is 22.2 Å². The van der Waals surface area contributed by atoms with Crippen molar-refractivity contribution in [3.05, 3.63) is 88.3 Å². The number of pyridine rings is 2. The van der Waals surface area contributed by atoms with Gasteiger partial charge in [0.1, 0.15) is 0 Å². The largest absolute Gasteiger partial charge is 0.439 e. The summed E-state index contributed by atoms with van der Waals surface area (Å²) in [7, 11) is 0. The highest BCUT2D eigenvalue weighted by Crippen LogP contribution is 2.40. The summed E-state index contributed by atoms with van der Waals surface area (Å²) in [6.45, 7) is 6.67. The van der Waals surface area contributed by atoms with Crippen LogP contribution >= 0.6 is 0 Å². The Morgan fingerprint density at radius 3 is 2.58 bits per heavy atom. The summed E-state index contributed by atoms with van der Waals surface area (Å²) in [4.78, 5) is 18.1. The zero-order valence-electron chi connectivity index (χ0n) is 17.8. The van der Waals surface area contributed by atoms with Crippen molar-refractivity contribution in [3.63, 3.8) is 0 Å². The van der Waals surface area contributed by atoms with Crippen molar-refractivity contribution in [1.29, 1.82) is 0 Å². The molecule has 3 heterocycles. The molecule has 0 unspecified atom stereocenters. The van der Waals surface area contributed by atoms with Gasteiger partial charge in [-0.1, -0.05) is 35.9 Å². The third-order valence-electron chi connectivity index (χ3n) is 5.67. The molecule has 2 aromatic carbocycles. The molecule has 0 saturated carbocycles. The van der Waals surface area contributed by atoms with Crippen LogP contribution in [-0.2, 0) is 6.54 Å². The number of nitrogens with zero attached hydrogens (tertiary/aromatic N) is 2. The number of para-hydroxylation sites is 1. The molecule has 154 valence electrons. The predicted molar refractivity (Wildman–Crippen MR) is 126 cm³/mol. The van der Waals surface area contributed by atoms with Gasteiger partial charge in [-0.2, -0.15) is 0 Å². The number of aryl methyl sites for hydroxylation is 3. The van der Waals surface area contributed by atoms with E-state index in [2.05, 4.69) is 36.3 Å². The van der Waals surface area contributed by atoms with Crippen molar-refractivity contribution in [3.8, 4) is 11.3 Å². The van der Waals surface area contributed by atoms with Gasteiger partial charge in [0.15, 0.2) is 5.58 Å². The Labute approximate surface area is 180 Å². The Balaban J connectivity index is 1.88. The van der Waals surface area contributed by atoms with Gasteiger partial charge in [-0.25, -0.2) is 0 Å². The molecular formula is C26H23N3O2. The molecule has 5 nitrogen and oxygen atoms in total. The maximum Gasteiger partial charge on any atom is 0.262 e. The fourth-order valence-corrected chi connectivity index (χ4v) is 4.20. The minimum absolute atomic E-state index is 0.0747. The molecule has 0 aliphatic rings. The lowest BCUT2D eigenvalue weighted by Gasteiger charge is -2.10. The SMILES string of the molecule is CCn1c(=O)c2c(-c3ccccn3)c(Nc3ccc(C)cc3C)oc2c2ccccc21. The first-order valence-electron chi connectivity index (χ1n) is 10.4. The monoisotopic (exact) mass is 409 g/mol. The lowest BCUT2D eigenvalue weighted by Crippen LogP contribution is -2.19. The van der Waals surface area contributed by atoms with Gasteiger partial charge < -0.3 is 14.3 Å². The topological polar surface area (TPSA) is 60.1 Å². The number of rotatable bonds is 4. The molecule has 0 fully saturated rings. The van der Waals surface area contributed by atoms with E-state index in [0.29, 0.717) is 34.7 Å². The van der Waals surface area contributed by atoms with Gasteiger partial charge in [0.05, 0.1) is 22.2 Å². The van der Waals surface area contributed by atoms with Gasteiger partial charge >= 0.3 is 0 Å². The zero-order chi connectivity index (χ0) is 21.5. The summed E-state index contributed by atoms with van der Waals surface area (Å²) in [5.74, 6) is 0.525. The number of anilines is 2. The number of aromatic nitrogens is 2. The second-order valence-electron chi connectivity index (χ2n) is 7.74. The standard InChI is InChI=1S/C26H23N3O2/c1-4-29-21-11-6-5-9-18(21)24-23(26(29)30)22(20-10-7-8-14-27-20)25(31-24)28-19-13-12-16(2)15-17(19)3/h5-15,28H,4H2,1-3H3. The quantitative estimate of drug-likeness (QED) is 0.384. The van der Waals surface area contributed by atoms with Crippen LogP contribution in [0.1, 0.15) is 18.1 Å². The molecule has 0 amide bonds. The highest BCUT2D eigenvalue weighted by molar-refractivity contribution is 6.10. The Bertz CT molecular complexity index is 1480. The second kappa shape index (κ2) is 7.43. The van der Waals surface area contributed by atoms with Crippen LogP contribution in [0, 0.1) is 13.8 Å². The summed E-state index contributed by atoms with van der Waals surface area (Å²) < 4.78 is 8.16. The fraction of sp³-hybridized carbons (Fsp3) is 0.154. The summed E-state index contributed by atoms with van der Waals surface area (Å²) >= 11 is 0. The van der Waals surface area contributed by atoms with E-state index >= 15 is 0 Å². The highest BCUT2D eigenvalue weighted by Gasteiger charge is 2.24. The van der Waals surface area contributed by atoms with E-state index in [9.17, 15) is 4.79 Å². The lowest BCUT2D eigenvalue weighted by molar-refractivity contribution is 0.637. The molecule has 5 rings (SSSR count). The lowest BCUT2D eigenvalue weighted by atomic mass is 10.1. The summed E-state index contributed by atoms with van der Waals surface area (Å²) in [6.07, 6.45) is 1.73. The molecular weight excluding hydrogens is 386 g/mol. The van der Waals surface area contributed by atoms with Crippen molar-refractivity contribution in [2.24, 2.45) is 0 Å². The molecule has 0 bridgehead atoms. The average molecular weight is 409 g/mol. The van der Waals surface area contributed by atoms with Gasteiger partial charge in [-0.05, 0) is 56.7 Å². The van der Waals surface area contributed by atoms with E-state index in [1.165, 1.54) is 5.56 Å². The molecule has 1 N–H and O–H groups in total. The molecule has 0 aliphatic carbocycles. The van der Waals surface area contributed by atoms with Gasteiger partial charge in [0.2, 0.25) is 5.88 Å². The van der Waals surface area contributed by atoms with E-state index < -0.39 is 0 Å². The van der Waals surface area contributed by atoms with Crippen LogP contribution in [0.25, 0.3) is 33.1 Å². The third-order valence-corrected chi connectivity index (χ3v) is 5.67. The van der Waals surface area contributed by atoms with Crippen LogP contribution < -0.4 is 10.9 Å². The number of hydrogen-bond acceptors (Lipinski definition) is 4. The highest BCUT2D eigenvalue weighted by atomic mass is 16.4. The van der Waals surface area contributed by atoms with E-state index in [1.54, 1.807) is 10.8 Å². The van der Waals surface area contributed by atoms with Gasteiger partial charge in [0, 0.05) is 23.8 Å². The number of furan rings is 1. The van der Waals surface area contributed by atoms with Gasteiger partial charge in [-0.3, -0.25) is 9.78 Å². The first-order chi connectivity index (χ1) is 15.1. The Kier molecular flexibility index (Phi) is 4.59. The second-order valence-corrected chi connectivity index (χ2v) is 7.74. The molecule has 0 aliphatic heterocycles. The number of benzene rings is 2. The molecule has 5 aromatic rings. The molecule has 0 saturated heterocycles. The zero-order valence-corrected chi connectivity index (χ0v) is 17.8. The van der Waals surface area contributed by atoms with Crippen LogP contribution in [0.15, 0.2) is 76.1 Å². The van der Waals surface area contributed by atoms with E-state index in [4.69, 9.17) is 4.42 Å². The normalized spacial score (nSPS) is 11.3. The Morgan fingerprint density at radius 1 is 1.03 bits per heavy atom. The minimum atomic E-state index is -0.0747. The smallest absolute Gasteiger partial charge is 0.262 e. The van der Waals surface area contributed by atoms with E-state index in [-0.39, 0.29) is 5.56 Å². The van der Waals surface area contributed by atoms with Crippen LogP contribution in [-0.4, -0.2) is 9.55 Å². The Hall–Kier alpha value is -3.86. The first kappa shape index (κ1) is 19.1. The molecule has 0 atom stereocenters. The van der Waals surface area contributed by atoms with Crippen LogP contribution in [0.3, 0.4) is 0 Å². The predicted octanol–water partition coefficient (Wildman–Crippen LogP) is 6.19.